The highest BCUT2D eigenvalue weighted by Crippen LogP contribution is 2.25. The van der Waals surface area contributed by atoms with E-state index >= 15 is 0 Å². The smallest absolute Gasteiger partial charge is 0.124 e. The zero-order valence-electron chi connectivity index (χ0n) is 11.2. The van der Waals surface area contributed by atoms with E-state index in [4.69, 9.17) is 15.9 Å². The van der Waals surface area contributed by atoms with Gasteiger partial charge in [-0.1, -0.05) is 6.07 Å². The SMILES string of the molecule is Cc1ccc(C(=N)N)c(N2CC(C)OC(C)C2)c1. The highest BCUT2D eigenvalue weighted by molar-refractivity contribution is 6.00. The van der Waals surface area contributed by atoms with Crippen LogP contribution < -0.4 is 10.6 Å². The van der Waals surface area contributed by atoms with Crippen molar-refractivity contribution in [2.45, 2.75) is 33.0 Å². The molecule has 0 spiro atoms. The average molecular weight is 247 g/mol. The van der Waals surface area contributed by atoms with E-state index < -0.39 is 0 Å². The van der Waals surface area contributed by atoms with Gasteiger partial charge in [-0.15, -0.1) is 0 Å². The number of anilines is 1. The Kier molecular flexibility index (Phi) is 3.57. The summed E-state index contributed by atoms with van der Waals surface area (Å²) in [5.74, 6) is 0.122. The van der Waals surface area contributed by atoms with Crippen LogP contribution in [0.25, 0.3) is 0 Å². The summed E-state index contributed by atoms with van der Waals surface area (Å²) in [4.78, 5) is 2.27. The lowest BCUT2D eigenvalue weighted by Crippen LogP contribution is -2.46. The molecule has 1 heterocycles. The summed E-state index contributed by atoms with van der Waals surface area (Å²) in [6.45, 7) is 7.89. The van der Waals surface area contributed by atoms with Crippen LogP contribution >= 0.6 is 0 Å². The van der Waals surface area contributed by atoms with Gasteiger partial charge >= 0.3 is 0 Å². The molecule has 98 valence electrons. The van der Waals surface area contributed by atoms with E-state index in [1.54, 1.807) is 0 Å². The van der Waals surface area contributed by atoms with Crippen molar-refractivity contribution < 1.29 is 4.74 Å². The number of nitrogen functional groups attached to an aromatic ring is 1. The minimum absolute atomic E-state index is 0.122. The lowest BCUT2D eigenvalue weighted by Gasteiger charge is -2.37. The van der Waals surface area contributed by atoms with Crippen molar-refractivity contribution in [1.82, 2.24) is 0 Å². The summed E-state index contributed by atoms with van der Waals surface area (Å²) >= 11 is 0. The molecule has 0 bridgehead atoms. The second kappa shape index (κ2) is 4.98. The first-order valence-electron chi connectivity index (χ1n) is 6.33. The number of nitrogens with two attached hydrogens (primary N) is 1. The van der Waals surface area contributed by atoms with E-state index in [0.29, 0.717) is 0 Å². The number of rotatable bonds is 2. The minimum Gasteiger partial charge on any atom is -0.384 e. The molecule has 0 aliphatic carbocycles. The number of amidine groups is 1. The van der Waals surface area contributed by atoms with Crippen molar-refractivity contribution in [2.24, 2.45) is 5.73 Å². The highest BCUT2D eigenvalue weighted by Gasteiger charge is 2.24. The Labute approximate surface area is 108 Å². The first kappa shape index (κ1) is 12.9. The lowest BCUT2D eigenvalue weighted by molar-refractivity contribution is -0.00522. The van der Waals surface area contributed by atoms with Gasteiger partial charge in [0, 0.05) is 24.3 Å². The molecule has 3 N–H and O–H groups in total. The van der Waals surface area contributed by atoms with Gasteiger partial charge < -0.3 is 15.4 Å². The second-order valence-electron chi connectivity index (χ2n) is 5.10. The van der Waals surface area contributed by atoms with Crippen LogP contribution in [0.4, 0.5) is 5.69 Å². The number of aryl methyl sites for hydroxylation is 1. The largest absolute Gasteiger partial charge is 0.384 e. The molecule has 1 saturated heterocycles. The van der Waals surface area contributed by atoms with E-state index in [9.17, 15) is 0 Å². The maximum Gasteiger partial charge on any atom is 0.124 e. The van der Waals surface area contributed by atoms with Crippen LogP contribution in [0.15, 0.2) is 18.2 Å². The predicted molar refractivity (Wildman–Crippen MR) is 74.4 cm³/mol. The molecule has 1 aromatic carbocycles. The van der Waals surface area contributed by atoms with Gasteiger partial charge in [0.25, 0.3) is 0 Å². The van der Waals surface area contributed by atoms with Crippen molar-refractivity contribution >= 4 is 11.5 Å². The van der Waals surface area contributed by atoms with E-state index in [1.807, 2.05) is 12.1 Å². The Balaban J connectivity index is 2.36. The third kappa shape index (κ3) is 2.64. The predicted octanol–water partition coefficient (Wildman–Crippen LogP) is 1.89. The van der Waals surface area contributed by atoms with Gasteiger partial charge in [-0.2, -0.15) is 0 Å². The number of hydrogen-bond donors (Lipinski definition) is 2. The molecule has 0 aromatic heterocycles. The van der Waals surface area contributed by atoms with Crippen molar-refractivity contribution in [3.63, 3.8) is 0 Å². The summed E-state index contributed by atoms with van der Waals surface area (Å²) in [6.07, 6.45) is 0.406. The number of ether oxygens (including phenoxy) is 1. The molecule has 1 aliphatic rings. The number of morpholine rings is 1. The van der Waals surface area contributed by atoms with Gasteiger partial charge in [-0.3, -0.25) is 5.41 Å². The molecule has 1 aromatic rings. The van der Waals surface area contributed by atoms with Crippen LogP contribution in [0.3, 0.4) is 0 Å². The Hall–Kier alpha value is -1.55. The van der Waals surface area contributed by atoms with Gasteiger partial charge in [0.2, 0.25) is 0 Å². The topological polar surface area (TPSA) is 62.3 Å². The van der Waals surface area contributed by atoms with Gasteiger partial charge in [0.05, 0.1) is 12.2 Å². The van der Waals surface area contributed by atoms with E-state index in [0.717, 1.165) is 24.3 Å². The van der Waals surface area contributed by atoms with Crippen LogP contribution in [-0.4, -0.2) is 31.1 Å². The van der Waals surface area contributed by atoms with E-state index in [2.05, 4.69) is 31.7 Å². The maximum atomic E-state index is 7.69. The van der Waals surface area contributed by atoms with Crippen LogP contribution in [0.5, 0.6) is 0 Å². The number of hydrogen-bond acceptors (Lipinski definition) is 3. The summed E-state index contributed by atoms with van der Waals surface area (Å²) in [6, 6.07) is 6.02. The molecular weight excluding hydrogens is 226 g/mol. The minimum atomic E-state index is 0.122. The second-order valence-corrected chi connectivity index (χ2v) is 5.10. The molecule has 0 saturated carbocycles. The monoisotopic (exact) mass is 247 g/mol. The molecule has 4 nitrogen and oxygen atoms in total. The Bertz CT molecular complexity index is 448. The van der Waals surface area contributed by atoms with E-state index in [1.165, 1.54) is 5.56 Å². The third-order valence-electron chi connectivity index (χ3n) is 3.20. The van der Waals surface area contributed by atoms with Crippen molar-refractivity contribution in [2.75, 3.05) is 18.0 Å². The van der Waals surface area contributed by atoms with Gasteiger partial charge in [-0.25, -0.2) is 0 Å². The molecule has 0 radical (unpaired) electrons. The first-order chi connectivity index (χ1) is 8.47. The Morgan fingerprint density at radius 1 is 1.33 bits per heavy atom. The molecule has 4 heteroatoms. The van der Waals surface area contributed by atoms with Crippen LogP contribution in [0.2, 0.25) is 0 Å². The Morgan fingerprint density at radius 3 is 2.50 bits per heavy atom. The summed E-state index contributed by atoms with van der Waals surface area (Å²) < 4.78 is 5.74. The third-order valence-corrected chi connectivity index (χ3v) is 3.20. The number of benzene rings is 1. The van der Waals surface area contributed by atoms with Gasteiger partial charge in [0.15, 0.2) is 0 Å². The first-order valence-corrected chi connectivity index (χ1v) is 6.33. The van der Waals surface area contributed by atoms with Crippen LogP contribution in [0.1, 0.15) is 25.0 Å². The normalized spacial score (nSPS) is 24.1. The molecule has 1 aliphatic heterocycles. The van der Waals surface area contributed by atoms with Crippen LogP contribution in [0, 0.1) is 12.3 Å². The zero-order valence-corrected chi connectivity index (χ0v) is 11.2. The molecule has 2 atom stereocenters. The van der Waals surface area contributed by atoms with Crippen molar-refractivity contribution in [1.29, 1.82) is 5.41 Å². The fourth-order valence-electron chi connectivity index (χ4n) is 2.51. The maximum absolute atomic E-state index is 7.69. The average Bonchev–Trinajstić information content (AvgIpc) is 2.27. The van der Waals surface area contributed by atoms with Gasteiger partial charge in [-0.05, 0) is 38.5 Å². The van der Waals surface area contributed by atoms with Crippen LogP contribution in [-0.2, 0) is 4.74 Å². The van der Waals surface area contributed by atoms with E-state index in [-0.39, 0.29) is 18.0 Å². The lowest BCUT2D eigenvalue weighted by atomic mass is 10.1. The number of nitrogens with one attached hydrogen (secondary N) is 1. The molecule has 18 heavy (non-hydrogen) atoms. The summed E-state index contributed by atoms with van der Waals surface area (Å²) in [7, 11) is 0. The standard InChI is InChI=1S/C14H21N3O/c1-9-4-5-12(14(15)16)13(6-9)17-7-10(2)18-11(3)8-17/h4-6,10-11H,7-8H2,1-3H3,(H3,15,16). The Morgan fingerprint density at radius 2 is 1.94 bits per heavy atom. The number of nitrogens with zero attached hydrogens (tertiary/aromatic N) is 1. The molecular formula is C14H21N3O. The molecule has 2 rings (SSSR count). The van der Waals surface area contributed by atoms with Crippen molar-refractivity contribution in [3.05, 3.63) is 29.3 Å². The quantitative estimate of drug-likeness (QED) is 0.619. The highest BCUT2D eigenvalue weighted by atomic mass is 16.5. The summed E-state index contributed by atoms with van der Waals surface area (Å²) in [5.41, 5.74) is 8.70. The fraction of sp³-hybridized carbons (Fsp3) is 0.500. The molecule has 0 amide bonds. The molecule has 1 fully saturated rings. The summed E-state index contributed by atoms with van der Waals surface area (Å²) in [5, 5.41) is 7.69. The zero-order chi connectivity index (χ0) is 13.3. The van der Waals surface area contributed by atoms with Gasteiger partial charge in [0.1, 0.15) is 5.84 Å². The molecule has 2 unspecified atom stereocenters. The van der Waals surface area contributed by atoms with Crippen molar-refractivity contribution in [3.8, 4) is 0 Å². The fourth-order valence-corrected chi connectivity index (χ4v) is 2.51.